The maximum absolute atomic E-state index is 8.00. The lowest BCUT2D eigenvalue weighted by Gasteiger charge is -2.09. The van der Waals surface area contributed by atoms with Crippen LogP contribution in [0.3, 0.4) is 0 Å². The highest BCUT2D eigenvalue weighted by atomic mass is 16.1. The molecule has 0 aliphatic carbocycles. The van der Waals surface area contributed by atoms with E-state index in [4.69, 9.17) is 9.59 Å². The first-order valence-corrected chi connectivity index (χ1v) is 10.2. The van der Waals surface area contributed by atoms with Gasteiger partial charge in [-0.05, 0) is 34.6 Å². The van der Waals surface area contributed by atoms with Crippen molar-refractivity contribution in [2.24, 2.45) is 13.0 Å². The van der Waals surface area contributed by atoms with E-state index < -0.39 is 0 Å². The number of nitrogens with one attached hydrogen (secondary N) is 1. The molecule has 32 heavy (non-hydrogen) atoms. The van der Waals surface area contributed by atoms with Crippen LogP contribution in [0.4, 0.5) is 5.69 Å². The summed E-state index contributed by atoms with van der Waals surface area (Å²) in [5, 5.41) is 9.78. The van der Waals surface area contributed by atoms with E-state index in [-0.39, 0.29) is 0 Å². The van der Waals surface area contributed by atoms with Crippen LogP contribution in [-0.2, 0) is 16.6 Å². The first-order valence-electron chi connectivity index (χ1n) is 10.2. The van der Waals surface area contributed by atoms with Crippen molar-refractivity contribution in [2.75, 3.05) is 12.4 Å². The first kappa shape index (κ1) is 26.2. The van der Waals surface area contributed by atoms with Gasteiger partial charge in [-0.15, -0.1) is 0 Å². The number of carbonyl (C=O) groups excluding carboxylic acids is 2. The average molecular weight is 433 g/mol. The summed E-state index contributed by atoms with van der Waals surface area (Å²) in [6.45, 7) is 10.5. The summed E-state index contributed by atoms with van der Waals surface area (Å²) < 4.78 is 1.82. The molecule has 168 valence electrons. The highest BCUT2D eigenvalue weighted by Gasteiger charge is 2.07. The molecular formula is C26H32N4O2. The van der Waals surface area contributed by atoms with Gasteiger partial charge in [0.1, 0.15) is 13.6 Å². The van der Waals surface area contributed by atoms with E-state index in [0.29, 0.717) is 0 Å². The van der Waals surface area contributed by atoms with Crippen molar-refractivity contribution in [3.8, 4) is 22.3 Å². The number of fused-ring (bicyclic) bond motifs is 1. The molecule has 0 fully saturated rings. The molecule has 2 aromatic heterocycles. The summed E-state index contributed by atoms with van der Waals surface area (Å²) in [5.41, 5.74) is 5.69. The van der Waals surface area contributed by atoms with Gasteiger partial charge in [-0.1, -0.05) is 51.1 Å². The molecule has 0 atom stereocenters. The second kappa shape index (κ2) is 13.5. The Morgan fingerprint density at radius 2 is 1.44 bits per heavy atom. The van der Waals surface area contributed by atoms with Gasteiger partial charge >= 0.3 is 0 Å². The van der Waals surface area contributed by atoms with Crippen molar-refractivity contribution in [2.45, 2.75) is 20.8 Å². The van der Waals surface area contributed by atoms with Gasteiger partial charge in [-0.2, -0.15) is 5.10 Å². The number of benzene rings is 2. The highest BCUT2D eigenvalue weighted by Crippen LogP contribution is 2.31. The van der Waals surface area contributed by atoms with Crippen molar-refractivity contribution >= 4 is 30.0 Å². The Kier molecular flexibility index (Phi) is 11.1. The monoisotopic (exact) mass is 432 g/mol. The van der Waals surface area contributed by atoms with Crippen molar-refractivity contribution in [3.63, 3.8) is 0 Å². The summed E-state index contributed by atoms with van der Waals surface area (Å²) in [5.74, 6) is 0.833. The van der Waals surface area contributed by atoms with Crippen LogP contribution in [0.1, 0.15) is 20.8 Å². The third-order valence-electron chi connectivity index (χ3n) is 4.28. The SMILES string of the molecule is C=O.C=O.CC(C)C.CNc1ccc2cncc(-c3ccc(-c4cnn(C)c4)cc3)c2c1. The third kappa shape index (κ3) is 7.16. The minimum atomic E-state index is 0.833. The molecule has 4 aromatic rings. The Hall–Kier alpha value is -3.80. The van der Waals surface area contributed by atoms with Gasteiger partial charge in [-0.25, -0.2) is 0 Å². The molecule has 0 saturated carbocycles. The number of pyridine rings is 1. The molecule has 0 bridgehead atoms. The first-order chi connectivity index (χ1) is 15.5. The molecule has 2 heterocycles. The molecule has 4 rings (SSSR count). The molecule has 0 amide bonds. The van der Waals surface area contributed by atoms with Crippen LogP contribution in [0.15, 0.2) is 67.3 Å². The summed E-state index contributed by atoms with van der Waals surface area (Å²) in [7, 11) is 3.86. The van der Waals surface area contributed by atoms with Crippen LogP contribution >= 0.6 is 0 Å². The van der Waals surface area contributed by atoms with E-state index in [0.717, 1.165) is 39.2 Å². The van der Waals surface area contributed by atoms with E-state index >= 15 is 0 Å². The Morgan fingerprint density at radius 3 is 1.97 bits per heavy atom. The lowest BCUT2D eigenvalue weighted by Crippen LogP contribution is -1.89. The maximum Gasteiger partial charge on any atom is 0.106 e. The van der Waals surface area contributed by atoms with Gasteiger partial charge in [0.2, 0.25) is 0 Å². The molecule has 0 unspecified atom stereocenters. The van der Waals surface area contributed by atoms with Gasteiger partial charge < -0.3 is 14.9 Å². The van der Waals surface area contributed by atoms with Gasteiger partial charge in [0.25, 0.3) is 0 Å². The number of aryl methyl sites for hydroxylation is 1. The molecule has 0 saturated heterocycles. The van der Waals surface area contributed by atoms with Gasteiger partial charge in [0, 0.05) is 54.9 Å². The molecule has 6 heteroatoms. The molecule has 0 spiro atoms. The van der Waals surface area contributed by atoms with Crippen LogP contribution in [0, 0.1) is 5.92 Å². The van der Waals surface area contributed by atoms with Crippen molar-refractivity contribution < 1.29 is 9.59 Å². The molecule has 0 aliphatic rings. The van der Waals surface area contributed by atoms with Gasteiger partial charge in [0.15, 0.2) is 0 Å². The minimum Gasteiger partial charge on any atom is -0.388 e. The number of hydrogen-bond donors (Lipinski definition) is 1. The maximum atomic E-state index is 8.00. The molecule has 0 radical (unpaired) electrons. The number of anilines is 1. The second-order valence-electron chi connectivity index (χ2n) is 7.59. The highest BCUT2D eigenvalue weighted by molar-refractivity contribution is 5.97. The Morgan fingerprint density at radius 1 is 0.844 bits per heavy atom. The smallest absolute Gasteiger partial charge is 0.106 e. The Labute approximate surface area is 190 Å². The third-order valence-corrected chi connectivity index (χ3v) is 4.28. The Bertz CT molecular complexity index is 1080. The lowest BCUT2D eigenvalue weighted by atomic mass is 9.98. The summed E-state index contributed by atoms with van der Waals surface area (Å²) >= 11 is 0. The quantitative estimate of drug-likeness (QED) is 0.453. The number of rotatable bonds is 3. The predicted octanol–water partition coefficient (Wildman–Crippen LogP) is 5.64. The zero-order valence-electron chi connectivity index (χ0n) is 19.5. The van der Waals surface area contributed by atoms with Crippen LogP contribution in [0.2, 0.25) is 0 Å². The number of hydrogen-bond acceptors (Lipinski definition) is 5. The van der Waals surface area contributed by atoms with E-state index in [1.54, 1.807) is 0 Å². The number of nitrogens with zero attached hydrogens (tertiary/aromatic N) is 3. The standard InChI is InChI=1S/C20H18N4.C4H10.2CH2O/c1-21-18-8-7-16-10-22-12-20(19(16)9-18)15-5-3-14(4-6-15)17-11-23-24(2)13-17;1-4(2)3;2*1-2/h3-13,21H,1-2H3;4H,1-3H3;2*1H2. The van der Waals surface area contributed by atoms with Crippen molar-refractivity contribution in [3.05, 3.63) is 67.3 Å². The average Bonchev–Trinajstić information content (AvgIpc) is 3.27. The molecule has 1 N–H and O–H groups in total. The summed E-state index contributed by atoms with van der Waals surface area (Å²) in [6.07, 6.45) is 7.74. The fraction of sp³-hybridized carbons (Fsp3) is 0.231. The number of carbonyl (C=O) groups is 2. The Balaban J connectivity index is 0.000000568. The lowest BCUT2D eigenvalue weighted by molar-refractivity contribution is -0.0987. The zero-order valence-corrected chi connectivity index (χ0v) is 19.5. The normalized spacial score (nSPS) is 9.56. The van der Waals surface area contributed by atoms with E-state index in [9.17, 15) is 0 Å². The zero-order chi connectivity index (χ0) is 24.1. The second-order valence-corrected chi connectivity index (χ2v) is 7.59. The van der Waals surface area contributed by atoms with Crippen LogP contribution < -0.4 is 5.32 Å². The topological polar surface area (TPSA) is 76.9 Å². The van der Waals surface area contributed by atoms with E-state index in [1.807, 2.05) is 57.1 Å². The van der Waals surface area contributed by atoms with Crippen molar-refractivity contribution in [1.82, 2.24) is 14.8 Å². The largest absolute Gasteiger partial charge is 0.388 e. The van der Waals surface area contributed by atoms with Crippen LogP contribution in [0.5, 0.6) is 0 Å². The molecule has 2 aromatic carbocycles. The van der Waals surface area contributed by atoms with Gasteiger partial charge in [-0.3, -0.25) is 9.67 Å². The minimum absolute atomic E-state index is 0.833. The predicted molar refractivity (Wildman–Crippen MR) is 134 cm³/mol. The van der Waals surface area contributed by atoms with E-state index in [2.05, 4.69) is 78.6 Å². The van der Waals surface area contributed by atoms with Gasteiger partial charge in [0.05, 0.1) is 6.20 Å². The van der Waals surface area contributed by atoms with Crippen LogP contribution in [0.25, 0.3) is 33.0 Å². The molecule has 0 aliphatic heterocycles. The summed E-state index contributed by atoms with van der Waals surface area (Å²) in [4.78, 5) is 20.4. The van der Waals surface area contributed by atoms with E-state index in [1.165, 1.54) is 5.39 Å². The van der Waals surface area contributed by atoms with Crippen molar-refractivity contribution in [1.29, 1.82) is 0 Å². The molecule has 6 nitrogen and oxygen atoms in total. The summed E-state index contributed by atoms with van der Waals surface area (Å²) in [6, 6.07) is 14.9. The fourth-order valence-corrected chi connectivity index (χ4v) is 2.96. The number of aromatic nitrogens is 3. The van der Waals surface area contributed by atoms with Crippen LogP contribution in [-0.4, -0.2) is 35.4 Å². The fourth-order valence-electron chi connectivity index (χ4n) is 2.96. The molecular weight excluding hydrogens is 400 g/mol.